The molecule has 1 fully saturated rings. The van der Waals surface area contributed by atoms with Gasteiger partial charge in [-0.3, -0.25) is 4.90 Å². The van der Waals surface area contributed by atoms with E-state index in [-0.39, 0.29) is 5.69 Å². The average Bonchev–Trinajstić information content (AvgIpc) is 2.92. The number of halogens is 2. The lowest BCUT2D eigenvalue weighted by Gasteiger charge is -2.32. The highest BCUT2D eigenvalue weighted by atomic mass is 35.5. The molecule has 6 nitrogen and oxygen atoms in total. The van der Waals surface area contributed by atoms with Gasteiger partial charge < -0.3 is 19.5 Å². The van der Waals surface area contributed by atoms with Crippen LogP contribution in [0.2, 0.25) is 5.02 Å². The zero-order valence-electron chi connectivity index (χ0n) is 19.4. The van der Waals surface area contributed by atoms with Gasteiger partial charge in [-0.1, -0.05) is 17.7 Å². The number of nitrogens with zero attached hydrogens (tertiary/aromatic N) is 2. The minimum Gasteiger partial charge on any atom is -0.399 e. The Bertz CT molecular complexity index is 953. The molecule has 172 valence electrons. The van der Waals surface area contributed by atoms with Gasteiger partial charge in [-0.15, -0.1) is 0 Å². The number of benzene rings is 2. The van der Waals surface area contributed by atoms with Crippen LogP contribution in [0, 0.1) is 5.82 Å². The van der Waals surface area contributed by atoms with Gasteiger partial charge in [0, 0.05) is 23.8 Å². The van der Waals surface area contributed by atoms with E-state index in [1.54, 1.807) is 35.2 Å². The van der Waals surface area contributed by atoms with Crippen LogP contribution in [-0.4, -0.2) is 56.4 Å². The zero-order chi connectivity index (χ0) is 23.7. The van der Waals surface area contributed by atoms with Gasteiger partial charge in [-0.2, -0.15) is 0 Å². The molecule has 9 heteroatoms. The highest BCUT2D eigenvalue weighted by molar-refractivity contribution is 6.62. The van der Waals surface area contributed by atoms with Gasteiger partial charge >= 0.3 is 13.1 Å². The topological polar surface area (TPSA) is 54.0 Å². The van der Waals surface area contributed by atoms with Gasteiger partial charge in [0.05, 0.1) is 16.9 Å². The van der Waals surface area contributed by atoms with Gasteiger partial charge in [0.25, 0.3) is 0 Å². The predicted molar refractivity (Wildman–Crippen MR) is 128 cm³/mol. The first-order valence-corrected chi connectivity index (χ1v) is 10.9. The maximum absolute atomic E-state index is 14.9. The third-order valence-corrected chi connectivity index (χ3v) is 6.17. The van der Waals surface area contributed by atoms with Crippen LogP contribution >= 0.6 is 11.6 Å². The van der Waals surface area contributed by atoms with E-state index in [2.05, 4.69) is 5.32 Å². The third kappa shape index (κ3) is 5.43. The number of hydrogen-bond acceptors (Lipinski definition) is 4. The monoisotopic (exact) mass is 461 g/mol. The summed E-state index contributed by atoms with van der Waals surface area (Å²) in [6.07, 6.45) is 0. The predicted octanol–water partition coefficient (Wildman–Crippen LogP) is 4.38. The molecule has 32 heavy (non-hydrogen) atoms. The molecule has 0 spiro atoms. The Kier molecular flexibility index (Phi) is 7.20. The highest BCUT2D eigenvalue weighted by Crippen LogP contribution is 2.36. The summed E-state index contributed by atoms with van der Waals surface area (Å²) in [6, 6.07) is 11.1. The number of rotatable bonds is 6. The van der Waals surface area contributed by atoms with Crippen molar-refractivity contribution < 1.29 is 18.5 Å². The number of urea groups is 1. The van der Waals surface area contributed by atoms with Gasteiger partial charge in [-0.25, -0.2) is 9.18 Å². The normalized spacial score (nSPS) is 17.0. The van der Waals surface area contributed by atoms with Crippen molar-refractivity contribution in [3.05, 3.63) is 53.3 Å². The minimum atomic E-state index is -0.676. The molecule has 0 radical (unpaired) electrons. The lowest BCUT2D eigenvalue weighted by atomic mass is 9.79. The molecule has 0 bridgehead atoms. The molecule has 0 unspecified atom stereocenters. The molecule has 2 aromatic rings. The van der Waals surface area contributed by atoms with Crippen molar-refractivity contribution in [3.63, 3.8) is 0 Å². The number of carbonyl (C=O) groups excluding carboxylic acids is 1. The minimum absolute atomic E-state index is 0.0825. The summed E-state index contributed by atoms with van der Waals surface area (Å²) in [7, 11) is 3.17. The lowest BCUT2D eigenvalue weighted by molar-refractivity contribution is 0.00578. The first kappa shape index (κ1) is 24.5. The first-order chi connectivity index (χ1) is 14.9. The van der Waals surface area contributed by atoms with Crippen LogP contribution in [0.4, 0.5) is 20.6 Å². The average molecular weight is 462 g/mol. The van der Waals surface area contributed by atoms with Crippen molar-refractivity contribution in [2.24, 2.45) is 0 Å². The quantitative estimate of drug-likeness (QED) is 0.649. The number of amides is 2. The van der Waals surface area contributed by atoms with Gasteiger partial charge in [0.1, 0.15) is 5.82 Å². The summed E-state index contributed by atoms with van der Waals surface area (Å²) < 4.78 is 26.9. The molecule has 3 rings (SSSR count). The van der Waals surface area contributed by atoms with Crippen molar-refractivity contribution in [3.8, 4) is 0 Å². The van der Waals surface area contributed by atoms with Crippen LogP contribution in [0.15, 0.2) is 42.5 Å². The van der Waals surface area contributed by atoms with Crippen molar-refractivity contribution in [1.29, 1.82) is 0 Å². The molecule has 0 saturated carbocycles. The van der Waals surface area contributed by atoms with Crippen molar-refractivity contribution in [2.75, 3.05) is 37.4 Å². The Balaban J connectivity index is 1.77. The summed E-state index contributed by atoms with van der Waals surface area (Å²) in [5, 5.41) is 3.25. The van der Waals surface area contributed by atoms with Gasteiger partial charge in [-0.05, 0) is 83.7 Å². The van der Waals surface area contributed by atoms with E-state index in [0.717, 1.165) is 0 Å². The number of anilines is 2. The molecular formula is C23H30BClFN3O3. The second-order valence-electron chi connectivity index (χ2n) is 9.19. The maximum atomic E-state index is 14.9. The summed E-state index contributed by atoms with van der Waals surface area (Å²) >= 11 is 5.98. The van der Waals surface area contributed by atoms with E-state index >= 15 is 0 Å². The molecule has 1 aliphatic heterocycles. The number of hydrogen-bond donors (Lipinski definition) is 1. The summed E-state index contributed by atoms with van der Waals surface area (Å²) in [4.78, 5) is 16.5. The summed E-state index contributed by atoms with van der Waals surface area (Å²) in [5.74, 6) is -0.561. The number of nitrogens with one attached hydrogen (secondary N) is 1. The molecule has 0 aliphatic carbocycles. The smallest absolute Gasteiger partial charge is 0.399 e. The summed E-state index contributed by atoms with van der Waals surface area (Å²) in [6.45, 7) is 8.83. The molecule has 0 aromatic heterocycles. The summed E-state index contributed by atoms with van der Waals surface area (Å²) in [5.41, 5.74) is 0.266. The number of likely N-dealkylation sites (N-methyl/N-ethyl adjacent to an activating group) is 1. The van der Waals surface area contributed by atoms with E-state index in [0.29, 0.717) is 29.3 Å². The van der Waals surface area contributed by atoms with Crippen LogP contribution in [0.3, 0.4) is 0 Å². The lowest BCUT2D eigenvalue weighted by Crippen LogP contribution is -2.41. The van der Waals surface area contributed by atoms with Crippen LogP contribution in [-0.2, 0) is 9.31 Å². The molecule has 2 aromatic carbocycles. The van der Waals surface area contributed by atoms with Crippen molar-refractivity contribution in [2.45, 2.75) is 38.9 Å². The Labute approximate surface area is 194 Å². The fourth-order valence-electron chi connectivity index (χ4n) is 3.21. The van der Waals surface area contributed by atoms with Crippen LogP contribution in [0.25, 0.3) is 0 Å². The first-order valence-electron chi connectivity index (χ1n) is 10.5. The Morgan fingerprint density at radius 1 is 1.03 bits per heavy atom. The second-order valence-corrected chi connectivity index (χ2v) is 9.63. The molecule has 1 heterocycles. The van der Waals surface area contributed by atoms with Crippen LogP contribution < -0.4 is 15.7 Å². The SMILES string of the molecule is CN(C)CCN(C(=O)Nc1ccc(B2OC(C)(C)C(C)(C)O2)cc1F)c1ccc(Cl)cc1. The Hall–Kier alpha value is -2.13. The van der Waals surface area contributed by atoms with Crippen LogP contribution in [0.1, 0.15) is 27.7 Å². The van der Waals surface area contributed by atoms with E-state index in [1.807, 2.05) is 46.7 Å². The second kappa shape index (κ2) is 9.39. The van der Waals surface area contributed by atoms with Gasteiger partial charge in [0.15, 0.2) is 0 Å². The van der Waals surface area contributed by atoms with Gasteiger partial charge in [0.2, 0.25) is 0 Å². The fourth-order valence-corrected chi connectivity index (χ4v) is 3.34. The molecule has 1 saturated heterocycles. The van der Waals surface area contributed by atoms with E-state index in [9.17, 15) is 9.18 Å². The fraction of sp³-hybridized carbons (Fsp3) is 0.435. The van der Waals surface area contributed by atoms with Crippen molar-refractivity contribution in [1.82, 2.24) is 4.90 Å². The Morgan fingerprint density at radius 2 is 1.62 bits per heavy atom. The molecule has 2 amide bonds. The molecule has 0 atom stereocenters. The maximum Gasteiger partial charge on any atom is 0.494 e. The number of carbonyl (C=O) groups is 1. The van der Waals surface area contributed by atoms with Crippen LogP contribution in [0.5, 0.6) is 0 Å². The van der Waals surface area contributed by atoms with E-state index in [1.165, 1.54) is 12.1 Å². The zero-order valence-corrected chi connectivity index (χ0v) is 20.2. The van der Waals surface area contributed by atoms with E-state index in [4.69, 9.17) is 20.9 Å². The molecule has 1 N–H and O–H groups in total. The standard InChI is InChI=1S/C23H30BClFN3O3/c1-22(2)23(3,4)32-24(31-22)16-7-12-20(19(26)15-16)27-21(30)29(14-13-28(5)6)18-10-8-17(25)9-11-18/h7-12,15H,13-14H2,1-6H3,(H,27,30). The van der Waals surface area contributed by atoms with E-state index < -0.39 is 30.2 Å². The largest absolute Gasteiger partial charge is 0.494 e. The molecular weight excluding hydrogens is 432 g/mol. The molecule has 1 aliphatic rings. The highest BCUT2D eigenvalue weighted by Gasteiger charge is 2.51. The Morgan fingerprint density at radius 3 is 2.16 bits per heavy atom. The van der Waals surface area contributed by atoms with Crippen molar-refractivity contribution >= 4 is 41.6 Å². The third-order valence-electron chi connectivity index (χ3n) is 5.91.